The van der Waals surface area contributed by atoms with Gasteiger partial charge in [0.05, 0.1) is 16.4 Å². The van der Waals surface area contributed by atoms with Gasteiger partial charge in [0, 0.05) is 24.7 Å². The van der Waals surface area contributed by atoms with Gasteiger partial charge in [-0.3, -0.25) is 4.79 Å². The van der Waals surface area contributed by atoms with Crippen LogP contribution in [0.3, 0.4) is 0 Å². The van der Waals surface area contributed by atoms with Crippen LogP contribution >= 0.6 is 15.9 Å². The zero-order chi connectivity index (χ0) is 25.1. The molecule has 0 spiro atoms. The van der Waals surface area contributed by atoms with E-state index in [9.17, 15) is 9.90 Å². The van der Waals surface area contributed by atoms with Gasteiger partial charge in [0.15, 0.2) is 5.65 Å². The highest BCUT2D eigenvalue weighted by Crippen LogP contribution is 2.24. The standard InChI is InChI=1S/C21H24BrN5O2.C5H8/c1-13(2)14(3)18-11-19(27-20(26-18)17(22)12-25-27)23-8-5-9-24-21(29)15-6-4-7-16(28)10-15;1-3-5-4-2/h4,6-7,10-12,23,28H,5,8-9H2,1-3H3,(H,24,29);3-5H,1H2,2H3/b;5-4-. The van der Waals surface area contributed by atoms with E-state index in [1.807, 2.05) is 25.1 Å². The van der Waals surface area contributed by atoms with Crippen LogP contribution in [0.2, 0.25) is 0 Å². The van der Waals surface area contributed by atoms with E-state index in [1.165, 1.54) is 17.7 Å². The number of carbonyl (C=O) groups is 1. The summed E-state index contributed by atoms with van der Waals surface area (Å²) in [5.41, 5.74) is 4.43. The van der Waals surface area contributed by atoms with E-state index >= 15 is 0 Å². The Labute approximate surface area is 209 Å². The number of phenols is 1. The second-order valence-electron chi connectivity index (χ2n) is 7.73. The number of carbonyl (C=O) groups excluding carboxylic acids is 1. The molecule has 0 saturated heterocycles. The molecule has 8 heteroatoms. The van der Waals surface area contributed by atoms with Gasteiger partial charge in [0.2, 0.25) is 0 Å². The molecule has 1 amide bonds. The van der Waals surface area contributed by atoms with E-state index in [1.54, 1.807) is 28.9 Å². The number of allylic oxidation sites excluding steroid dienone is 5. The van der Waals surface area contributed by atoms with Crippen molar-refractivity contribution in [2.24, 2.45) is 0 Å². The average Bonchev–Trinajstić information content (AvgIpc) is 3.19. The van der Waals surface area contributed by atoms with Crippen LogP contribution < -0.4 is 10.6 Å². The van der Waals surface area contributed by atoms with Gasteiger partial charge in [-0.2, -0.15) is 9.61 Å². The van der Waals surface area contributed by atoms with Gasteiger partial charge in [-0.05, 0) is 73.8 Å². The Morgan fingerprint density at radius 2 is 2.00 bits per heavy atom. The molecule has 3 rings (SSSR count). The number of halogens is 1. The van der Waals surface area contributed by atoms with Crippen molar-refractivity contribution in [2.75, 3.05) is 18.4 Å². The van der Waals surface area contributed by atoms with Crippen LogP contribution in [0.5, 0.6) is 5.75 Å². The summed E-state index contributed by atoms with van der Waals surface area (Å²) in [7, 11) is 0. The highest BCUT2D eigenvalue weighted by Gasteiger charge is 2.12. The lowest BCUT2D eigenvalue weighted by Gasteiger charge is -2.12. The average molecular weight is 526 g/mol. The topological polar surface area (TPSA) is 91.5 Å². The van der Waals surface area contributed by atoms with Crippen molar-refractivity contribution < 1.29 is 9.90 Å². The van der Waals surface area contributed by atoms with Crippen LogP contribution in [0.15, 0.2) is 71.4 Å². The molecule has 0 radical (unpaired) electrons. The Morgan fingerprint density at radius 1 is 1.24 bits per heavy atom. The maximum absolute atomic E-state index is 12.1. The molecule has 2 heterocycles. The molecular weight excluding hydrogens is 494 g/mol. The number of hydrogen-bond donors (Lipinski definition) is 3. The SMILES string of the molecule is C=C/C=C\C.CC(C)=C(C)c1cc(NCCCNC(=O)c2cccc(O)c2)n2ncc(Br)c2n1. The summed E-state index contributed by atoms with van der Waals surface area (Å²) in [4.78, 5) is 16.8. The van der Waals surface area contributed by atoms with Gasteiger partial charge in [-0.15, -0.1) is 0 Å². The molecule has 34 heavy (non-hydrogen) atoms. The number of aromatic nitrogens is 3. The van der Waals surface area contributed by atoms with E-state index in [4.69, 9.17) is 4.98 Å². The fourth-order valence-corrected chi connectivity index (χ4v) is 3.25. The zero-order valence-electron chi connectivity index (χ0n) is 20.1. The third-order valence-electron chi connectivity index (χ3n) is 4.95. The molecule has 2 aromatic heterocycles. The van der Waals surface area contributed by atoms with Gasteiger partial charge in [-0.1, -0.05) is 36.4 Å². The molecule has 3 N–H and O–H groups in total. The number of phenolic OH excluding ortho intramolecular Hbond substituents is 1. The number of benzene rings is 1. The minimum absolute atomic E-state index is 0.0777. The third kappa shape index (κ3) is 7.59. The molecular formula is C26H32BrN5O2. The molecule has 0 saturated carbocycles. The smallest absolute Gasteiger partial charge is 0.251 e. The summed E-state index contributed by atoms with van der Waals surface area (Å²) in [6.45, 7) is 12.8. The fraction of sp³-hybridized carbons (Fsp3) is 0.269. The van der Waals surface area contributed by atoms with E-state index in [0.29, 0.717) is 18.7 Å². The molecule has 0 bridgehead atoms. The lowest BCUT2D eigenvalue weighted by molar-refractivity contribution is 0.0953. The van der Waals surface area contributed by atoms with Crippen LogP contribution in [0.25, 0.3) is 11.2 Å². The van der Waals surface area contributed by atoms with Crippen molar-refractivity contribution >= 4 is 38.9 Å². The monoisotopic (exact) mass is 525 g/mol. The maximum Gasteiger partial charge on any atom is 0.251 e. The predicted octanol–water partition coefficient (Wildman–Crippen LogP) is 5.99. The first-order valence-electron chi connectivity index (χ1n) is 11.0. The highest BCUT2D eigenvalue weighted by molar-refractivity contribution is 9.10. The number of anilines is 1. The number of aromatic hydroxyl groups is 1. The Kier molecular flexibility index (Phi) is 10.5. The first kappa shape index (κ1) is 26.9. The minimum Gasteiger partial charge on any atom is -0.508 e. The van der Waals surface area contributed by atoms with E-state index in [-0.39, 0.29) is 11.7 Å². The number of hydrogen-bond acceptors (Lipinski definition) is 5. The molecule has 3 aromatic rings. The molecule has 180 valence electrons. The number of amides is 1. The van der Waals surface area contributed by atoms with E-state index < -0.39 is 0 Å². The molecule has 0 fully saturated rings. The van der Waals surface area contributed by atoms with Gasteiger partial charge in [-0.25, -0.2) is 4.98 Å². The molecule has 0 unspecified atom stereocenters. The van der Waals surface area contributed by atoms with Crippen molar-refractivity contribution in [1.29, 1.82) is 0 Å². The Hall–Kier alpha value is -3.39. The van der Waals surface area contributed by atoms with Gasteiger partial charge < -0.3 is 15.7 Å². The van der Waals surface area contributed by atoms with Gasteiger partial charge >= 0.3 is 0 Å². The number of rotatable bonds is 8. The van der Waals surface area contributed by atoms with Gasteiger partial charge in [0.1, 0.15) is 11.6 Å². The second kappa shape index (κ2) is 13.3. The Morgan fingerprint density at radius 3 is 2.62 bits per heavy atom. The summed E-state index contributed by atoms with van der Waals surface area (Å²) in [5, 5.41) is 20.1. The molecule has 0 aliphatic heterocycles. The number of fused-ring (bicyclic) bond motifs is 1. The van der Waals surface area contributed by atoms with Crippen LogP contribution in [0.1, 0.15) is 50.2 Å². The molecule has 1 aromatic carbocycles. The van der Waals surface area contributed by atoms with Crippen molar-refractivity contribution in [3.8, 4) is 5.75 Å². The van der Waals surface area contributed by atoms with E-state index in [0.717, 1.165) is 33.6 Å². The van der Waals surface area contributed by atoms with Crippen molar-refractivity contribution in [1.82, 2.24) is 19.9 Å². The van der Waals surface area contributed by atoms with Crippen LogP contribution in [-0.2, 0) is 0 Å². The quantitative estimate of drug-likeness (QED) is 0.248. The molecule has 7 nitrogen and oxygen atoms in total. The largest absolute Gasteiger partial charge is 0.508 e. The maximum atomic E-state index is 12.1. The lowest BCUT2D eigenvalue weighted by atomic mass is 10.1. The predicted molar refractivity (Wildman–Crippen MR) is 143 cm³/mol. The minimum atomic E-state index is -0.204. The molecule has 0 aliphatic rings. The van der Waals surface area contributed by atoms with Crippen LogP contribution in [-0.4, -0.2) is 38.7 Å². The van der Waals surface area contributed by atoms with Gasteiger partial charge in [0.25, 0.3) is 5.91 Å². The number of nitrogens with zero attached hydrogens (tertiary/aromatic N) is 3. The van der Waals surface area contributed by atoms with Crippen LogP contribution in [0.4, 0.5) is 5.82 Å². The van der Waals surface area contributed by atoms with Crippen LogP contribution in [0, 0.1) is 0 Å². The summed E-state index contributed by atoms with van der Waals surface area (Å²) >= 11 is 3.50. The summed E-state index contributed by atoms with van der Waals surface area (Å²) in [6, 6.07) is 8.29. The number of nitrogens with one attached hydrogen (secondary N) is 2. The first-order valence-corrected chi connectivity index (χ1v) is 11.8. The third-order valence-corrected chi connectivity index (χ3v) is 5.50. The lowest BCUT2D eigenvalue weighted by Crippen LogP contribution is -2.25. The van der Waals surface area contributed by atoms with Crippen molar-refractivity contribution in [3.05, 3.63) is 82.6 Å². The first-order chi connectivity index (χ1) is 16.3. The summed E-state index contributed by atoms with van der Waals surface area (Å²) in [5.74, 6) is 0.717. The highest BCUT2D eigenvalue weighted by atomic mass is 79.9. The second-order valence-corrected chi connectivity index (χ2v) is 8.58. The Balaban J connectivity index is 0.000000739. The summed E-state index contributed by atoms with van der Waals surface area (Å²) < 4.78 is 2.60. The van der Waals surface area contributed by atoms with E-state index in [2.05, 4.69) is 59.0 Å². The molecule has 0 atom stereocenters. The van der Waals surface area contributed by atoms with Crippen molar-refractivity contribution in [3.63, 3.8) is 0 Å². The Bertz CT molecular complexity index is 1190. The fourth-order valence-electron chi connectivity index (χ4n) is 2.90. The molecule has 0 aliphatic carbocycles. The van der Waals surface area contributed by atoms with Crippen molar-refractivity contribution in [2.45, 2.75) is 34.1 Å². The zero-order valence-corrected chi connectivity index (χ0v) is 21.7. The normalized spacial score (nSPS) is 10.5. The summed E-state index contributed by atoms with van der Waals surface area (Å²) in [6.07, 6.45) is 8.03.